The molecule has 0 aliphatic carbocycles. The van der Waals surface area contributed by atoms with Gasteiger partial charge in [-0.1, -0.05) is 0 Å². The molecule has 6 nitrogen and oxygen atoms in total. The van der Waals surface area contributed by atoms with Crippen molar-refractivity contribution in [2.75, 3.05) is 58.3 Å². The van der Waals surface area contributed by atoms with Gasteiger partial charge in [-0.2, -0.15) is 0 Å². The zero-order valence-corrected chi connectivity index (χ0v) is 14.0. The van der Waals surface area contributed by atoms with E-state index in [2.05, 4.69) is 49.7 Å². The smallest absolute Gasteiger partial charge is 0.339 e. The summed E-state index contributed by atoms with van der Waals surface area (Å²) >= 11 is 3.28. The van der Waals surface area contributed by atoms with Crippen LogP contribution in [0.1, 0.15) is 10.4 Å². The van der Waals surface area contributed by atoms with Crippen LogP contribution >= 0.6 is 15.9 Å². The predicted molar refractivity (Wildman–Crippen MR) is 86.1 cm³/mol. The molecule has 0 amide bonds. The molecule has 2 heterocycles. The van der Waals surface area contributed by atoms with Gasteiger partial charge < -0.3 is 14.9 Å². The topological polar surface area (TPSA) is 59.9 Å². The van der Waals surface area contributed by atoms with Gasteiger partial charge in [-0.15, -0.1) is 0 Å². The van der Waals surface area contributed by atoms with Gasteiger partial charge in [0.05, 0.1) is 0 Å². The van der Waals surface area contributed by atoms with Gasteiger partial charge in [-0.3, -0.25) is 4.90 Å². The highest BCUT2D eigenvalue weighted by molar-refractivity contribution is 9.10. The Kier molecular flexibility index (Phi) is 5.55. The summed E-state index contributed by atoms with van der Waals surface area (Å²) in [6.45, 7) is 5.57. The molecule has 7 heteroatoms. The molecule has 0 atom stereocenters. The van der Waals surface area contributed by atoms with Crippen LogP contribution in [0.2, 0.25) is 0 Å². The molecule has 1 aliphatic rings. The highest BCUT2D eigenvalue weighted by atomic mass is 79.9. The zero-order valence-electron chi connectivity index (χ0n) is 12.4. The van der Waals surface area contributed by atoms with Gasteiger partial charge in [0, 0.05) is 49.9 Å². The van der Waals surface area contributed by atoms with E-state index < -0.39 is 5.97 Å². The maximum Gasteiger partial charge on any atom is 0.339 e. The standard InChI is InChI=1S/C14H21BrN4O2/c1-17(2)3-4-18-5-7-19(8-6-18)13-12(14(20)21)9-11(15)10-16-13/h9-10H,3-8H2,1-2H3,(H,20,21). The van der Waals surface area contributed by atoms with Crippen LogP contribution < -0.4 is 4.90 Å². The number of carboxylic acids is 1. The lowest BCUT2D eigenvalue weighted by molar-refractivity contribution is 0.0697. The number of anilines is 1. The van der Waals surface area contributed by atoms with Crippen molar-refractivity contribution in [3.63, 3.8) is 0 Å². The quantitative estimate of drug-likeness (QED) is 0.855. The van der Waals surface area contributed by atoms with Gasteiger partial charge in [-0.05, 0) is 36.1 Å². The molecule has 21 heavy (non-hydrogen) atoms. The molecule has 1 fully saturated rings. The summed E-state index contributed by atoms with van der Waals surface area (Å²) in [5.41, 5.74) is 0.256. The van der Waals surface area contributed by atoms with E-state index >= 15 is 0 Å². The van der Waals surface area contributed by atoms with Gasteiger partial charge in [-0.25, -0.2) is 9.78 Å². The maximum absolute atomic E-state index is 11.4. The molecular weight excluding hydrogens is 336 g/mol. The normalized spacial score (nSPS) is 16.5. The Morgan fingerprint density at radius 1 is 1.38 bits per heavy atom. The second-order valence-corrected chi connectivity index (χ2v) is 6.38. The summed E-state index contributed by atoms with van der Waals surface area (Å²) in [6, 6.07) is 1.61. The average molecular weight is 357 g/mol. The fourth-order valence-electron chi connectivity index (χ4n) is 2.37. The molecule has 1 aromatic heterocycles. The second-order valence-electron chi connectivity index (χ2n) is 5.46. The number of aromatic nitrogens is 1. The minimum absolute atomic E-state index is 0.256. The van der Waals surface area contributed by atoms with Crippen LogP contribution in [0, 0.1) is 0 Å². The molecule has 0 spiro atoms. The van der Waals surface area contributed by atoms with Crippen molar-refractivity contribution in [1.29, 1.82) is 0 Å². The summed E-state index contributed by atoms with van der Waals surface area (Å²) in [5.74, 6) is -0.369. The highest BCUT2D eigenvalue weighted by Crippen LogP contribution is 2.22. The van der Waals surface area contributed by atoms with Crippen LogP contribution in [-0.2, 0) is 0 Å². The first kappa shape index (κ1) is 16.2. The van der Waals surface area contributed by atoms with Crippen molar-refractivity contribution in [3.05, 3.63) is 22.3 Å². The minimum atomic E-state index is -0.936. The van der Waals surface area contributed by atoms with E-state index in [1.807, 2.05) is 0 Å². The summed E-state index contributed by atoms with van der Waals surface area (Å²) in [6.07, 6.45) is 1.65. The number of aromatic carboxylic acids is 1. The van der Waals surface area contributed by atoms with Crippen LogP contribution in [0.15, 0.2) is 16.7 Å². The van der Waals surface area contributed by atoms with Crippen LogP contribution in [-0.4, -0.2) is 79.2 Å². The largest absolute Gasteiger partial charge is 0.478 e. The average Bonchev–Trinajstić information content (AvgIpc) is 2.45. The maximum atomic E-state index is 11.4. The van der Waals surface area contributed by atoms with Crippen molar-refractivity contribution >= 4 is 27.7 Å². The molecular formula is C14H21BrN4O2. The lowest BCUT2D eigenvalue weighted by atomic mass is 10.2. The number of pyridine rings is 1. The monoisotopic (exact) mass is 356 g/mol. The first-order chi connectivity index (χ1) is 9.97. The molecule has 0 saturated carbocycles. The van der Waals surface area contributed by atoms with Crippen LogP contribution in [0.3, 0.4) is 0 Å². The molecule has 1 aliphatic heterocycles. The predicted octanol–water partition coefficient (Wildman–Crippen LogP) is 1.23. The summed E-state index contributed by atoms with van der Waals surface area (Å²) < 4.78 is 0.688. The van der Waals surface area contributed by atoms with Gasteiger partial charge in [0.25, 0.3) is 0 Å². The van der Waals surface area contributed by atoms with E-state index in [1.54, 1.807) is 12.3 Å². The Balaban J connectivity index is 2.01. The van der Waals surface area contributed by atoms with E-state index in [0.29, 0.717) is 10.3 Å². The molecule has 0 bridgehead atoms. The highest BCUT2D eigenvalue weighted by Gasteiger charge is 2.22. The number of rotatable bonds is 5. The lowest BCUT2D eigenvalue weighted by Crippen LogP contribution is -2.48. The Morgan fingerprint density at radius 3 is 2.62 bits per heavy atom. The van der Waals surface area contributed by atoms with E-state index in [-0.39, 0.29) is 5.56 Å². The zero-order chi connectivity index (χ0) is 15.4. The molecule has 1 saturated heterocycles. The third kappa shape index (κ3) is 4.39. The number of likely N-dealkylation sites (N-methyl/N-ethyl adjacent to an activating group) is 1. The first-order valence-electron chi connectivity index (χ1n) is 6.98. The molecule has 0 aromatic carbocycles. The molecule has 0 unspecified atom stereocenters. The lowest BCUT2D eigenvalue weighted by Gasteiger charge is -2.36. The van der Waals surface area contributed by atoms with E-state index in [0.717, 1.165) is 39.3 Å². The minimum Gasteiger partial charge on any atom is -0.478 e. The van der Waals surface area contributed by atoms with Crippen molar-refractivity contribution in [2.45, 2.75) is 0 Å². The molecule has 1 N–H and O–H groups in total. The summed E-state index contributed by atoms with van der Waals surface area (Å²) in [5, 5.41) is 9.31. The van der Waals surface area contributed by atoms with Crippen molar-refractivity contribution in [3.8, 4) is 0 Å². The first-order valence-corrected chi connectivity index (χ1v) is 7.77. The van der Waals surface area contributed by atoms with E-state index in [1.165, 1.54) is 0 Å². The van der Waals surface area contributed by atoms with Crippen LogP contribution in [0.25, 0.3) is 0 Å². The third-order valence-corrected chi connectivity index (χ3v) is 4.03. The van der Waals surface area contributed by atoms with Crippen molar-refractivity contribution in [2.24, 2.45) is 0 Å². The molecule has 1 aromatic rings. The van der Waals surface area contributed by atoms with Crippen molar-refractivity contribution < 1.29 is 9.90 Å². The summed E-state index contributed by atoms with van der Waals surface area (Å²) in [7, 11) is 4.14. The van der Waals surface area contributed by atoms with Gasteiger partial charge in [0.2, 0.25) is 0 Å². The SMILES string of the molecule is CN(C)CCN1CCN(c2ncc(Br)cc2C(=O)O)CC1. The number of halogens is 1. The Morgan fingerprint density at radius 2 is 2.05 bits per heavy atom. The fraction of sp³-hybridized carbons (Fsp3) is 0.571. The number of hydrogen-bond acceptors (Lipinski definition) is 5. The second kappa shape index (κ2) is 7.20. The molecule has 2 rings (SSSR count). The van der Waals surface area contributed by atoms with E-state index in [9.17, 15) is 9.90 Å². The van der Waals surface area contributed by atoms with E-state index in [4.69, 9.17) is 0 Å². The summed E-state index contributed by atoms with van der Waals surface area (Å²) in [4.78, 5) is 22.3. The Hall–Kier alpha value is -1.18. The van der Waals surface area contributed by atoms with Gasteiger partial charge in [0.15, 0.2) is 0 Å². The number of carbonyl (C=O) groups is 1. The molecule has 0 radical (unpaired) electrons. The van der Waals surface area contributed by atoms with Crippen molar-refractivity contribution in [1.82, 2.24) is 14.8 Å². The Bertz CT molecular complexity index is 502. The van der Waals surface area contributed by atoms with Crippen LogP contribution in [0.5, 0.6) is 0 Å². The third-order valence-electron chi connectivity index (χ3n) is 3.60. The number of carboxylic acid groups (broad SMARTS) is 1. The fourth-order valence-corrected chi connectivity index (χ4v) is 2.70. The number of piperazine rings is 1. The van der Waals surface area contributed by atoms with Gasteiger partial charge >= 0.3 is 5.97 Å². The molecule has 116 valence electrons. The Labute approximate surface area is 133 Å². The number of nitrogens with zero attached hydrogens (tertiary/aromatic N) is 4. The number of hydrogen-bond donors (Lipinski definition) is 1. The van der Waals surface area contributed by atoms with Crippen LogP contribution in [0.4, 0.5) is 5.82 Å². The van der Waals surface area contributed by atoms with Gasteiger partial charge in [0.1, 0.15) is 11.4 Å².